The topological polar surface area (TPSA) is 41.6 Å². The molecule has 0 aliphatic carbocycles. The van der Waals surface area contributed by atoms with Crippen molar-refractivity contribution >= 4 is 16.7 Å². The Morgan fingerprint density at radius 1 is 1.00 bits per heavy atom. The molecule has 140 valence electrons. The number of likely N-dealkylation sites (N-methyl/N-ethyl adjacent to an activating group) is 1. The van der Waals surface area contributed by atoms with Crippen LogP contribution in [0, 0.1) is 0 Å². The molecular formula is C23H26N2O2. The molecule has 0 aliphatic rings. The molecular weight excluding hydrogens is 336 g/mol. The molecule has 0 heterocycles. The zero-order chi connectivity index (χ0) is 19.2. The first-order valence-corrected chi connectivity index (χ1v) is 9.25. The van der Waals surface area contributed by atoms with Crippen molar-refractivity contribution in [3.63, 3.8) is 0 Å². The van der Waals surface area contributed by atoms with E-state index in [4.69, 9.17) is 4.74 Å². The minimum absolute atomic E-state index is 0.103. The molecule has 3 aromatic carbocycles. The van der Waals surface area contributed by atoms with Gasteiger partial charge in [0.15, 0.2) is 0 Å². The molecule has 0 saturated heterocycles. The molecule has 4 heteroatoms. The predicted molar refractivity (Wildman–Crippen MR) is 110 cm³/mol. The highest BCUT2D eigenvalue weighted by atomic mass is 16.5. The zero-order valence-electron chi connectivity index (χ0n) is 16.1. The number of ether oxygens (including phenoxy) is 1. The number of rotatable bonds is 7. The van der Waals surface area contributed by atoms with Crippen LogP contribution in [-0.4, -0.2) is 38.1 Å². The number of nitrogens with zero attached hydrogens (tertiary/aromatic N) is 1. The van der Waals surface area contributed by atoms with Crippen molar-refractivity contribution in [1.82, 2.24) is 10.2 Å². The van der Waals surface area contributed by atoms with Crippen LogP contribution < -0.4 is 10.1 Å². The minimum Gasteiger partial charge on any atom is -0.493 e. The molecule has 0 aliphatic heterocycles. The number of amides is 1. The van der Waals surface area contributed by atoms with Gasteiger partial charge in [0.05, 0.1) is 18.2 Å². The SMILES string of the molecule is CCOc1cc2ccccc2cc1C(=O)NCC(c1ccccc1)N(C)C. The summed E-state index contributed by atoms with van der Waals surface area (Å²) >= 11 is 0. The van der Waals surface area contributed by atoms with Gasteiger partial charge < -0.3 is 15.0 Å². The largest absolute Gasteiger partial charge is 0.493 e. The summed E-state index contributed by atoms with van der Waals surface area (Å²) in [6.45, 7) is 2.96. The van der Waals surface area contributed by atoms with Gasteiger partial charge in [0.1, 0.15) is 5.75 Å². The van der Waals surface area contributed by atoms with Crippen molar-refractivity contribution in [2.45, 2.75) is 13.0 Å². The summed E-state index contributed by atoms with van der Waals surface area (Å²) in [6, 6.07) is 22.1. The Kier molecular flexibility index (Phi) is 6.09. The fourth-order valence-corrected chi connectivity index (χ4v) is 3.23. The van der Waals surface area contributed by atoms with Gasteiger partial charge in [-0.3, -0.25) is 4.79 Å². The van der Waals surface area contributed by atoms with Gasteiger partial charge in [-0.25, -0.2) is 0 Å². The number of hydrogen-bond donors (Lipinski definition) is 1. The summed E-state index contributed by atoms with van der Waals surface area (Å²) in [4.78, 5) is 15.0. The Balaban J connectivity index is 1.83. The first kappa shape index (κ1) is 18.9. The van der Waals surface area contributed by atoms with Crippen molar-refractivity contribution in [2.75, 3.05) is 27.2 Å². The Morgan fingerprint density at radius 3 is 2.26 bits per heavy atom. The average Bonchev–Trinajstić information content (AvgIpc) is 2.68. The monoisotopic (exact) mass is 362 g/mol. The Hall–Kier alpha value is -2.85. The third-order valence-electron chi connectivity index (χ3n) is 4.66. The van der Waals surface area contributed by atoms with Crippen LogP contribution in [-0.2, 0) is 0 Å². The number of carbonyl (C=O) groups is 1. The molecule has 1 unspecified atom stereocenters. The highest BCUT2D eigenvalue weighted by molar-refractivity contribution is 6.01. The van der Waals surface area contributed by atoms with E-state index in [1.165, 1.54) is 5.56 Å². The third kappa shape index (κ3) is 4.47. The smallest absolute Gasteiger partial charge is 0.255 e. The molecule has 0 radical (unpaired) electrons. The van der Waals surface area contributed by atoms with E-state index < -0.39 is 0 Å². The maximum absolute atomic E-state index is 12.9. The standard InChI is InChI=1S/C23H26N2O2/c1-4-27-22-15-19-13-9-8-12-18(19)14-20(22)23(26)24-16-21(25(2)3)17-10-6-5-7-11-17/h5-15,21H,4,16H2,1-3H3,(H,24,26). The summed E-state index contributed by atoms with van der Waals surface area (Å²) in [7, 11) is 4.04. The van der Waals surface area contributed by atoms with Crippen LogP contribution in [0.4, 0.5) is 0 Å². The molecule has 1 amide bonds. The Labute approximate surface area is 160 Å². The van der Waals surface area contributed by atoms with Crippen LogP contribution in [0.15, 0.2) is 66.7 Å². The van der Waals surface area contributed by atoms with E-state index in [-0.39, 0.29) is 11.9 Å². The van der Waals surface area contributed by atoms with Crippen LogP contribution in [0.1, 0.15) is 28.9 Å². The molecule has 1 atom stereocenters. The van der Waals surface area contributed by atoms with Crippen molar-refractivity contribution in [2.24, 2.45) is 0 Å². The number of fused-ring (bicyclic) bond motifs is 1. The van der Waals surface area contributed by atoms with Crippen LogP contribution in [0.25, 0.3) is 10.8 Å². The van der Waals surface area contributed by atoms with Crippen LogP contribution in [0.2, 0.25) is 0 Å². The summed E-state index contributed by atoms with van der Waals surface area (Å²) in [6.07, 6.45) is 0. The second-order valence-electron chi connectivity index (χ2n) is 6.73. The number of benzene rings is 3. The molecule has 4 nitrogen and oxygen atoms in total. The molecule has 0 bridgehead atoms. The maximum atomic E-state index is 12.9. The lowest BCUT2D eigenvalue weighted by atomic mass is 10.0. The van der Waals surface area contributed by atoms with Crippen LogP contribution in [0.3, 0.4) is 0 Å². The van der Waals surface area contributed by atoms with Gasteiger partial charge in [-0.1, -0.05) is 54.6 Å². The average molecular weight is 362 g/mol. The van der Waals surface area contributed by atoms with E-state index in [0.717, 1.165) is 10.8 Å². The summed E-state index contributed by atoms with van der Waals surface area (Å²) in [5, 5.41) is 5.17. The number of carbonyl (C=O) groups excluding carboxylic acids is 1. The normalized spacial score (nSPS) is 12.1. The van der Waals surface area contributed by atoms with Crippen molar-refractivity contribution in [1.29, 1.82) is 0 Å². The van der Waals surface area contributed by atoms with Gasteiger partial charge in [-0.15, -0.1) is 0 Å². The number of nitrogens with one attached hydrogen (secondary N) is 1. The van der Waals surface area contributed by atoms with Gasteiger partial charge in [0.2, 0.25) is 0 Å². The van der Waals surface area contributed by atoms with E-state index in [1.807, 2.05) is 75.6 Å². The van der Waals surface area contributed by atoms with Gasteiger partial charge >= 0.3 is 0 Å². The molecule has 3 rings (SSSR count). The van der Waals surface area contributed by atoms with E-state index in [0.29, 0.717) is 24.5 Å². The quantitative estimate of drug-likeness (QED) is 0.682. The fourth-order valence-electron chi connectivity index (χ4n) is 3.23. The van der Waals surface area contributed by atoms with Gasteiger partial charge in [-0.2, -0.15) is 0 Å². The Morgan fingerprint density at radius 2 is 1.63 bits per heavy atom. The number of hydrogen-bond acceptors (Lipinski definition) is 3. The van der Waals surface area contributed by atoms with E-state index in [1.54, 1.807) is 0 Å². The van der Waals surface area contributed by atoms with Crippen LogP contribution in [0.5, 0.6) is 5.75 Å². The summed E-state index contributed by atoms with van der Waals surface area (Å²) < 4.78 is 5.73. The summed E-state index contributed by atoms with van der Waals surface area (Å²) in [5.74, 6) is 0.502. The molecule has 0 spiro atoms. The third-order valence-corrected chi connectivity index (χ3v) is 4.66. The second kappa shape index (κ2) is 8.69. The summed E-state index contributed by atoms with van der Waals surface area (Å²) in [5.41, 5.74) is 1.74. The van der Waals surface area contributed by atoms with Crippen molar-refractivity contribution in [3.05, 3.63) is 77.9 Å². The van der Waals surface area contributed by atoms with E-state index >= 15 is 0 Å². The lowest BCUT2D eigenvalue weighted by Gasteiger charge is -2.25. The molecule has 0 fully saturated rings. The van der Waals surface area contributed by atoms with Crippen LogP contribution >= 0.6 is 0 Å². The molecule has 0 aromatic heterocycles. The van der Waals surface area contributed by atoms with Gasteiger partial charge in [0, 0.05) is 6.54 Å². The molecule has 27 heavy (non-hydrogen) atoms. The van der Waals surface area contributed by atoms with Gasteiger partial charge in [-0.05, 0) is 49.5 Å². The van der Waals surface area contributed by atoms with Gasteiger partial charge in [0.25, 0.3) is 5.91 Å². The lowest BCUT2D eigenvalue weighted by molar-refractivity contribution is 0.0938. The zero-order valence-corrected chi connectivity index (χ0v) is 16.1. The van der Waals surface area contributed by atoms with E-state index in [9.17, 15) is 4.79 Å². The first-order valence-electron chi connectivity index (χ1n) is 9.25. The fraction of sp³-hybridized carbons (Fsp3) is 0.261. The van der Waals surface area contributed by atoms with Crippen molar-refractivity contribution in [3.8, 4) is 5.75 Å². The van der Waals surface area contributed by atoms with E-state index in [2.05, 4.69) is 22.3 Å². The molecule has 0 saturated carbocycles. The minimum atomic E-state index is -0.119. The highest BCUT2D eigenvalue weighted by Gasteiger charge is 2.18. The highest BCUT2D eigenvalue weighted by Crippen LogP contribution is 2.26. The van der Waals surface area contributed by atoms with Crippen molar-refractivity contribution < 1.29 is 9.53 Å². The predicted octanol–water partition coefficient (Wildman–Crippen LogP) is 4.27. The molecule has 3 aromatic rings. The first-order chi connectivity index (χ1) is 13.1. The molecule has 1 N–H and O–H groups in total. The lowest BCUT2D eigenvalue weighted by Crippen LogP contribution is -2.34. The maximum Gasteiger partial charge on any atom is 0.255 e. The Bertz CT molecular complexity index is 907. The second-order valence-corrected chi connectivity index (χ2v) is 6.73.